The second-order valence-corrected chi connectivity index (χ2v) is 13.5. The van der Waals surface area contributed by atoms with Crippen LogP contribution in [0.3, 0.4) is 0 Å². The van der Waals surface area contributed by atoms with Gasteiger partial charge in [-0.05, 0) is 96.1 Å². The third-order valence-corrected chi connectivity index (χ3v) is 11.3. The van der Waals surface area contributed by atoms with Gasteiger partial charge in [0.05, 0.1) is 5.41 Å². The molecule has 0 N–H and O–H groups in total. The van der Waals surface area contributed by atoms with Gasteiger partial charge >= 0.3 is 0 Å². The van der Waals surface area contributed by atoms with Crippen LogP contribution in [0, 0.1) is 0 Å². The average molecular weight is 601 g/mol. The highest BCUT2D eigenvalue weighted by Crippen LogP contribution is 2.58. The van der Waals surface area contributed by atoms with Crippen LogP contribution in [-0.2, 0) is 5.41 Å². The van der Waals surface area contributed by atoms with Crippen molar-refractivity contribution in [1.29, 1.82) is 0 Å². The van der Waals surface area contributed by atoms with Crippen molar-refractivity contribution in [3.05, 3.63) is 192 Å². The summed E-state index contributed by atoms with van der Waals surface area (Å²) in [5.41, 5.74) is 12.6. The van der Waals surface area contributed by atoms with Crippen molar-refractivity contribution in [2.24, 2.45) is 0 Å². The first kappa shape index (κ1) is 25.9. The summed E-state index contributed by atoms with van der Waals surface area (Å²) in [7, 11) is 0. The van der Waals surface area contributed by atoms with E-state index in [9.17, 15) is 0 Å². The maximum absolute atomic E-state index is 2.44. The normalized spacial score (nSPS) is 15.8. The fraction of sp³-hybridized carbons (Fsp3) is 0.0222. The highest BCUT2D eigenvalue weighted by Gasteiger charge is 2.46. The molecule has 0 amide bonds. The Hall–Kier alpha value is -5.37. The van der Waals surface area contributed by atoms with Crippen LogP contribution in [0.2, 0.25) is 0 Å². The van der Waals surface area contributed by atoms with E-state index in [1.54, 1.807) is 0 Å². The largest absolute Gasteiger partial charge is 0.0888 e. The van der Waals surface area contributed by atoms with Crippen molar-refractivity contribution in [3.8, 4) is 33.4 Å². The van der Waals surface area contributed by atoms with Crippen molar-refractivity contribution in [2.45, 2.75) is 15.2 Å². The molecular weight excluding hydrogens is 573 g/mol. The van der Waals surface area contributed by atoms with Crippen LogP contribution in [-0.4, -0.2) is 0 Å². The minimum Gasteiger partial charge on any atom is -0.0888 e. The van der Waals surface area contributed by atoms with Crippen LogP contribution in [0.5, 0.6) is 0 Å². The van der Waals surface area contributed by atoms with E-state index < -0.39 is 5.41 Å². The third kappa shape index (κ3) is 3.52. The molecule has 1 heteroatoms. The lowest BCUT2D eigenvalue weighted by Gasteiger charge is -2.34. The Kier molecular flexibility index (Phi) is 5.53. The maximum atomic E-state index is 2.44. The van der Waals surface area contributed by atoms with Crippen molar-refractivity contribution >= 4 is 33.3 Å². The van der Waals surface area contributed by atoms with Gasteiger partial charge in [0.1, 0.15) is 0 Å². The van der Waals surface area contributed by atoms with Gasteiger partial charge in [-0.15, -0.1) is 0 Å². The summed E-state index contributed by atoms with van der Waals surface area (Å²) in [4.78, 5) is 2.66. The maximum Gasteiger partial charge on any atom is 0.0714 e. The zero-order chi connectivity index (χ0) is 30.2. The Morgan fingerprint density at radius 2 is 1.11 bits per heavy atom. The third-order valence-electron chi connectivity index (χ3n) is 10.1. The SMILES string of the molecule is c1ccc(C2(c3cccc(-c4ccc5c(c4)-c4cccc6cccc(c46)S5)c3)c3ccccc3-c3c2ccc2ccccc32)cc1. The molecule has 10 rings (SSSR count). The fourth-order valence-corrected chi connectivity index (χ4v) is 9.33. The minimum absolute atomic E-state index is 0.443. The van der Waals surface area contributed by atoms with Gasteiger partial charge in [0.2, 0.25) is 0 Å². The molecule has 8 aromatic carbocycles. The van der Waals surface area contributed by atoms with E-state index in [2.05, 4.69) is 170 Å². The van der Waals surface area contributed by atoms with Gasteiger partial charge in [-0.3, -0.25) is 0 Å². The lowest BCUT2D eigenvalue weighted by molar-refractivity contribution is 0.769. The number of hydrogen-bond donors (Lipinski definition) is 0. The van der Waals surface area contributed by atoms with E-state index in [-0.39, 0.29) is 0 Å². The summed E-state index contributed by atoms with van der Waals surface area (Å²) >= 11 is 1.88. The second kappa shape index (κ2) is 9.81. The molecule has 8 aromatic rings. The van der Waals surface area contributed by atoms with Gasteiger partial charge in [0.25, 0.3) is 0 Å². The van der Waals surface area contributed by atoms with E-state index in [0.29, 0.717) is 0 Å². The van der Waals surface area contributed by atoms with Gasteiger partial charge in [0, 0.05) is 15.2 Å². The molecule has 0 saturated carbocycles. The van der Waals surface area contributed by atoms with E-state index in [4.69, 9.17) is 0 Å². The lowest BCUT2D eigenvalue weighted by atomic mass is 9.67. The minimum atomic E-state index is -0.443. The molecule has 1 unspecified atom stereocenters. The summed E-state index contributed by atoms with van der Waals surface area (Å²) in [6.45, 7) is 0. The molecule has 0 bridgehead atoms. The van der Waals surface area contributed by atoms with Crippen LogP contribution in [0.15, 0.2) is 180 Å². The molecule has 0 radical (unpaired) electrons. The monoisotopic (exact) mass is 600 g/mol. The summed E-state index contributed by atoms with van der Waals surface area (Å²) in [6.07, 6.45) is 0. The summed E-state index contributed by atoms with van der Waals surface area (Å²) in [5, 5.41) is 5.25. The van der Waals surface area contributed by atoms with Crippen LogP contribution < -0.4 is 0 Å². The molecule has 0 spiro atoms. The Bertz CT molecular complexity index is 2500. The molecule has 1 aliphatic carbocycles. The fourth-order valence-electron chi connectivity index (χ4n) is 8.20. The Morgan fingerprint density at radius 1 is 0.391 bits per heavy atom. The molecule has 0 nitrogen and oxygen atoms in total. The molecule has 1 aliphatic heterocycles. The first-order valence-corrected chi connectivity index (χ1v) is 16.7. The van der Waals surface area contributed by atoms with Crippen molar-refractivity contribution in [1.82, 2.24) is 0 Å². The van der Waals surface area contributed by atoms with E-state index in [1.807, 2.05) is 11.8 Å². The van der Waals surface area contributed by atoms with Crippen LogP contribution in [0.4, 0.5) is 0 Å². The molecule has 0 saturated heterocycles. The lowest BCUT2D eigenvalue weighted by Crippen LogP contribution is -2.28. The Balaban J connectivity index is 1.22. The van der Waals surface area contributed by atoms with Gasteiger partial charge < -0.3 is 0 Å². The molecular formula is C45H28S. The topological polar surface area (TPSA) is 0 Å². The van der Waals surface area contributed by atoms with Crippen molar-refractivity contribution < 1.29 is 0 Å². The van der Waals surface area contributed by atoms with Crippen molar-refractivity contribution in [2.75, 3.05) is 0 Å². The highest BCUT2D eigenvalue weighted by molar-refractivity contribution is 7.99. The Labute approximate surface area is 273 Å². The van der Waals surface area contributed by atoms with E-state index in [0.717, 1.165) is 0 Å². The van der Waals surface area contributed by atoms with Gasteiger partial charge in [0.15, 0.2) is 0 Å². The molecule has 1 heterocycles. The van der Waals surface area contributed by atoms with E-state index >= 15 is 0 Å². The summed E-state index contributed by atoms with van der Waals surface area (Å²) in [6, 6.07) is 63.3. The average Bonchev–Trinajstić information content (AvgIpc) is 3.44. The first-order valence-electron chi connectivity index (χ1n) is 15.9. The van der Waals surface area contributed by atoms with Crippen molar-refractivity contribution in [3.63, 3.8) is 0 Å². The molecule has 1 atom stereocenters. The van der Waals surface area contributed by atoms with Gasteiger partial charge in [-0.25, -0.2) is 0 Å². The van der Waals surface area contributed by atoms with Crippen LogP contribution >= 0.6 is 11.8 Å². The second-order valence-electron chi connectivity index (χ2n) is 12.4. The predicted molar refractivity (Wildman–Crippen MR) is 194 cm³/mol. The molecule has 46 heavy (non-hydrogen) atoms. The molecule has 2 aliphatic rings. The number of benzene rings is 8. The number of fused-ring (bicyclic) bond motifs is 7. The first-order chi connectivity index (χ1) is 22.8. The van der Waals surface area contributed by atoms with E-state index in [1.165, 1.54) is 87.0 Å². The van der Waals surface area contributed by atoms with Crippen LogP contribution in [0.25, 0.3) is 54.9 Å². The zero-order valence-corrected chi connectivity index (χ0v) is 25.9. The highest BCUT2D eigenvalue weighted by atomic mass is 32.2. The predicted octanol–water partition coefficient (Wildman–Crippen LogP) is 12.2. The van der Waals surface area contributed by atoms with Gasteiger partial charge in [-0.2, -0.15) is 0 Å². The zero-order valence-electron chi connectivity index (χ0n) is 25.1. The summed E-state index contributed by atoms with van der Waals surface area (Å²) in [5.74, 6) is 0. The molecule has 0 fully saturated rings. The molecule has 0 aromatic heterocycles. The van der Waals surface area contributed by atoms with Crippen LogP contribution in [0.1, 0.15) is 22.3 Å². The number of rotatable bonds is 3. The van der Waals surface area contributed by atoms with Gasteiger partial charge in [-0.1, -0.05) is 157 Å². The smallest absolute Gasteiger partial charge is 0.0714 e. The standard InChI is InChI=1S/C45H28S/c1-2-15-33(16-3-1)45(39-21-7-6-19-37(39)44-35-18-5-4-11-29(35)23-25-40(44)45)34-17-8-14-31(27-34)32-24-26-41-38(28-32)36-20-9-12-30-13-10-22-42(46-41)43(30)36/h1-28H. The number of hydrogen-bond acceptors (Lipinski definition) is 1. The summed E-state index contributed by atoms with van der Waals surface area (Å²) < 4.78 is 0. The molecule has 214 valence electrons. The Morgan fingerprint density at radius 3 is 2.04 bits per heavy atom. The quantitative estimate of drug-likeness (QED) is 0.194.